The van der Waals surface area contributed by atoms with E-state index in [2.05, 4.69) is 5.32 Å². The Morgan fingerprint density at radius 2 is 1.79 bits per heavy atom. The first-order valence-corrected chi connectivity index (χ1v) is 7.67. The number of pyridine rings is 1. The van der Waals surface area contributed by atoms with Crippen molar-refractivity contribution in [3.05, 3.63) is 74.6 Å². The Morgan fingerprint density at radius 3 is 2.46 bits per heavy atom. The maximum atomic E-state index is 12.6. The quantitative estimate of drug-likeness (QED) is 0.582. The summed E-state index contributed by atoms with van der Waals surface area (Å²) in [5.41, 5.74) is 1.55. The van der Waals surface area contributed by atoms with Gasteiger partial charge in [-0.1, -0.05) is 36.4 Å². The number of benzene rings is 2. The lowest BCUT2D eigenvalue weighted by molar-refractivity contribution is -0.385. The summed E-state index contributed by atoms with van der Waals surface area (Å²) < 4.78 is 1.43. The fraction of sp³-hybridized carbons (Fsp3) is 0.167. The predicted octanol–water partition coefficient (Wildman–Crippen LogP) is 3.98. The second-order valence-corrected chi connectivity index (χ2v) is 5.49. The van der Waals surface area contributed by atoms with Crippen LogP contribution in [0, 0.1) is 17.0 Å². The van der Waals surface area contributed by atoms with E-state index in [1.165, 1.54) is 4.57 Å². The van der Waals surface area contributed by atoms with Gasteiger partial charge >= 0.3 is 11.2 Å². The van der Waals surface area contributed by atoms with Crippen molar-refractivity contribution in [2.24, 2.45) is 0 Å². The van der Waals surface area contributed by atoms with Crippen LogP contribution in [-0.2, 0) is 6.54 Å². The molecule has 6 heteroatoms. The summed E-state index contributed by atoms with van der Waals surface area (Å²) in [7, 11) is 0. The van der Waals surface area contributed by atoms with Gasteiger partial charge < -0.3 is 9.88 Å². The number of hydrogen-bond donors (Lipinski definition) is 1. The lowest BCUT2D eigenvalue weighted by atomic mass is 10.1. The molecule has 24 heavy (non-hydrogen) atoms. The van der Waals surface area contributed by atoms with E-state index in [9.17, 15) is 14.9 Å². The first-order chi connectivity index (χ1) is 11.5. The molecular formula is C18H17N3O3. The van der Waals surface area contributed by atoms with Crippen LogP contribution in [0.15, 0.2) is 53.3 Å². The van der Waals surface area contributed by atoms with Gasteiger partial charge in [-0.3, -0.25) is 14.9 Å². The fourth-order valence-electron chi connectivity index (χ4n) is 2.85. The van der Waals surface area contributed by atoms with Crippen LogP contribution in [0.2, 0.25) is 0 Å². The number of fused-ring (bicyclic) bond motifs is 1. The number of anilines is 2. The van der Waals surface area contributed by atoms with Crippen LogP contribution in [-0.4, -0.2) is 9.49 Å². The minimum atomic E-state index is -0.610. The van der Waals surface area contributed by atoms with Gasteiger partial charge in [0, 0.05) is 17.6 Å². The molecule has 0 atom stereocenters. The fourth-order valence-corrected chi connectivity index (χ4v) is 2.85. The van der Waals surface area contributed by atoms with Gasteiger partial charge in [-0.25, -0.2) is 0 Å². The third-order valence-corrected chi connectivity index (χ3v) is 4.05. The number of nitrogens with zero attached hydrogens (tertiary/aromatic N) is 2. The summed E-state index contributed by atoms with van der Waals surface area (Å²) in [5.74, 6) is 0. The van der Waals surface area contributed by atoms with Crippen LogP contribution >= 0.6 is 0 Å². The zero-order valence-corrected chi connectivity index (χ0v) is 13.4. The van der Waals surface area contributed by atoms with Gasteiger partial charge in [0.2, 0.25) is 0 Å². The molecule has 1 heterocycles. The number of aryl methyl sites for hydroxylation is 2. The summed E-state index contributed by atoms with van der Waals surface area (Å²) in [4.78, 5) is 23.6. The molecule has 0 amide bonds. The number of nitro groups is 1. The molecule has 0 unspecified atom stereocenters. The molecular weight excluding hydrogens is 306 g/mol. The van der Waals surface area contributed by atoms with Crippen molar-refractivity contribution >= 4 is 28.0 Å². The van der Waals surface area contributed by atoms with Crippen LogP contribution in [0.3, 0.4) is 0 Å². The third-order valence-electron chi connectivity index (χ3n) is 4.05. The molecule has 0 aliphatic heterocycles. The lowest BCUT2D eigenvalue weighted by Crippen LogP contribution is -2.23. The highest BCUT2D eigenvalue weighted by atomic mass is 16.6. The Kier molecular flexibility index (Phi) is 4.04. The Morgan fingerprint density at radius 1 is 1.12 bits per heavy atom. The number of hydrogen-bond acceptors (Lipinski definition) is 4. The molecule has 3 aromatic rings. The molecule has 0 saturated heterocycles. The van der Waals surface area contributed by atoms with Crippen LogP contribution in [0.4, 0.5) is 17.1 Å². The van der Waals surface area contributed by atoms with Crippen molar-refractivity contribution in [1.29, 1.82) is 0 Å². The van der Waals surface area contributed by atoms with Crippen molar-refractivity contribution in [3.63, 3.8) is 0 Å². The van der Waals surface area contributed by atoms with Gasteiger partial charge in [0.15, 0.2) is 0 Å². The lowest BCUT2D eigenvalue weighted by Gasteiger charge is -2.15. The minimum Gasteiger partial charge on any atom is -0.349 e. The zero-order chi connectivity index (χ0) is 17.3. The van der Waals surface area contributed by atoms with E-state index in [1.54, 1.807) is 25.1 Å². The number of nitrogens with one attached hydrogen (secondary N) is 1. The molecule has 3 rings (SSSR count). The topological polar surface area (TPSA) is 77.2 Å². The van der Waals surface area contributed by atoms with E-state index in [-0.39, 0.29) is 5.69 Å². The second kappa shape index (κ2) is 6.16. The molecule has 0 radical (unpaired) electrons. The van der Waals surface area contributed by atoms with Gasteiger partial charge in [0.05, 0.1) is 10.4 Å². The molecule has 0 aliphatic rings. The molecule has 0 aliphatic carbocycles. The van der Waals surface area contributed by atoms with Crippen LogP contribution in [0.5, 0.6) is 0 Å². The first kappa shape index (κ1) is 15.7. The minimum absolute atomic E-state index is 0.236. The average molecular weight is 323 g/mol. The summed E-state index contributed by atoms with van der Waals surface area (Å²) in [6, 6.07) is 14.7. The highest BCUT2D eigenvalue weighted by Crippen LogP contribution is 2.33. The van der Waals surface area contributed by atoms with E-state index in [1.807, 2.05) is 37.3 Å². The monoisotopic (exact) mass is 323 g/mol. The summed E-state index contributed by atoms with van der Waals surface area (Å²) in [6.45, 7) is 4.07. The predicted molar refractivity (Wildman–Crippen MR) is 95.0 cm³/mol. The zero-order valence-electron chi connectivity index (χ0n) is 13.4. The maximum absolute atomic E-state index is 12.6. The molecule has 0 fully saturated rings. The van der Waals surface area contributed by atoms with Crippen LogP contribution < -0.4 is 10.9 Å². The van der Waals surface area contributed by atoms with E-state index >= 15 is 0 Å². The largest absolute Gasteiger partial charge is 0.357 e. The average Bonchev–Trinajstić information content (AvgIpc) is 2.57. The highest BCUT2D eigenvalue weighted by molar-refractivity contribution is 5.98. The Balaban J connectivity index is 2.37. The highest BCUT2D eigenvalue weighted by Gasteiger charge is 2.25. The molecule has 2 aromatic carbocycles. The molecule has 122 valence electrons. The Hall–Kier alpha value is -3.15. The standard InChI is InChI=1S/C18H17N3O3/c1-3-20-15-11-7-5-9-13(15)16(17(18(20)22)21(23)24)19-14-10-6-4-8-12(14)2/h4-11,19H,3H2,1-2H3. The SMILES string of the molecule is CCn1c(=O)c([N+](=O)[O-])c(Nc2ccccc2C)c2ccccc21. The van der Waals surface area contributed by atoms with Crippen molar-refractivity contribution in [1.82, 2.24) is 4.57 Å². The maximum Gasteiger partial charge on any atom is 0.357 e. The summed E-state index contributed by atoms with van der Waals surface area (Å²) in [6.07, 6.45) is 0. The molecule has 0 spiro atoms. The third kappa shape index (κ3) is 2.52. The van der Waals surface area contributed by atoms with Gasteiger partial charge in [-0.2, -0.15) is 0 Å². The van der Waals surface area contributed by atoms with Crippen LogP contribution in [0.1, 0.15) is 12.5 Å². The van der Waals surface area contributed by atoms with Gasteiger partial charge in [-0.05, 0) is 31.5 Å². The van der Waals surface area contributed by atoms with Gasteiger partial charge in [0.25, 0.3) is 0 Å². The van der Waals surface area contributed by atoms with Crippen molar-refractivity contribution in [2.75, 3.05) is 5.32 Å². The van der Waals surface area contributed by atoms with E-state index in [0.717, 1.165) is 11.3 Å². The van der Waals surface area contributed by atoms with Gasteiger partial charge in [0.1, 0.15) is 5.69 Å². The number of rotatable bonds is 4. The molecule has 1 N–H and O–H groups in total. The van der Waals surface area contributed by atoms with Crippen molar-refractivity contribution in [3.8, 4) is 0 Å². The van der Waals surface area contributed by atoms with Crippen molar-refractivity contribution < 1.29 is 4.92 Å². The smallest absolute Gasteiger partial charge is 0.349 e. The Labute approximate surface area is 138 Å². The number of aromatic nitrogens is 1. The van der Waals surface area contributed by atoms with E-state index < -0.39 is 16.2 Å². The first-order valence-electron chi connectivity index (χ1n) is 7.67. The number of para-hydroxylation sites is 2. The molecule has 6 nitrogen and oxygen atoms in total. The summed E-state index contributed by atoms with van der Waals surface area (Å²) >= 11 is 0. The van der Waals surface area contributed by atoms with Gasteiger partial charge in [-0.15, -0.1) is 0 Å². The molecule has 0 bridgehead atoms. The molecule has 1 aromatic heterocycles. The van der Waals surface area contributed by atoms with Crippen molar-refractivity contribution in [2.45, 2.75) is 20.4 Å². The second-order valence-electron chi connectivity index (χ2n) is 5.49. The summed E-state index contributed by atoms with van der Waals surface area (Å²) in [5, 5.41) is 15.3. The normalized spacial score (nSPS) is 10.8. The van der Waals surface area contributed by atoms with Crippen LogP contribution in [0.25, 0.3) is 10.9 Å². The van der Waals surface area contributed by atoms with E-state index in [0.29, 0.717) is 17.4 Å². The van der Waals surface area contributed by atoms with E-state index in [4.69, 9.17) is 0 Å². The Bertz CT molecular complexity index is 992. The molecule has 0 saturated carbocycles.